The molecule has 0 unspecified atom stereocenters. The van der Waals surface area contributed by atoms with E-state index >= 15 is 0 Å². The molecule has 5 heteroatoms. The van der Waals surface area contributed by atoms with Crippen molar-refractivity contribution >= 4 is 22.8 Å². The number of nitrogens with one attached hydrogen (secondary N) is 1. The van der Waals surface area contributed by atoms with E-state index in [1.54, 1.807) is 17.9 Å². The van der Waals surface area contributed by atoms with Crippen LogP contribution in [0.25, 0.3) is 10.9 Å². The number of H-pyrrole nitrogens is 1. The lowest BCUT2D eigenvalue weighted by Gasteiger charge is -2.21. The second-order valence-electron chi connectivity index (χ2n) is 5.25. The van der Waals surface area contributed by atoms with Crippen molar-refractivity contribution in [1.29, 1.82) is 0 Å². The van der Waals surface area contributed by atoms with E-state index in [1.807, 2.05) is 24.4 Å². The van der Waals surface area contributed by atoms with Crippen LogP contribution in [0.5, 0.6) is 0 Å². The van der Waals surface area contributed by atoms with Crippen molar-refractivity contribution in [3.8, 4) is 0 Å². The molecule has 1 aliphatic rings. The zero-order valence-electron chi connectivity index (χ0n) is 12.0. The zero-order valence-corrected chi connectivity index (χ0v) is 12.0. The predicted octanol–water partition coefficient (Wildman–Crippen LogP) is 2.34. The van der Waals surface area contributed by atoms with Crippen molar-refractivity contribution < 1.29 is 14.3 Å². The Hall–Kier alpha value is -2.30. The quantitative estimate of drug-likeness (QED) is 0.858. The molecule has 110 valence electrons. The first-order valence-corrected chi connectivity index (χ1v) is 7.22. The maximum atomic E-state index is 12.6. The van der Waals surface area contributed by atoms with Gasteiger partial charge in [0.2, 0.25) is 0 Å². The Morgan fingerprint density at radius 1 is 1.33 bits per heavy atom. The number of carbonyl (C=O) groups is 2. The predicted molar refractivity (Wildman–Crippen MR) is 79.0 cm³/mol. The normalized spacial score (nSPS) is 14.1. The molecule has 0 spiro atoms. The summed E-state index contributed by atoms with van der Waals surface area (Å²) in [5.41, 5.74) is 1.60. The van der Waals surface area contributed by atoms with Crippen LogP contribution in [0.2, 0.25) is 0 Å². The number of rotatable bonds is 5. The van der Waals surface area contributed by atoms with Gasteiger partial charge in [-0.15, -0.1) is 0 Å². The first-order valence-electron chi connectivity index (χ1n) is 7.22. The van der Waals surface area contributed by atoms with E-state index in [0.717, 1.165) is 23.7 Å². The molecule has 1 amide bonds. The fourth-order valence-corrected chi connectivity index (χ4v) is 2.45. The number of hydrogen-bond acceptors (Lipinski definition) is 3. The molecule has 3 rings (SSSR count). The van der Waals surface area contributed by atoms with Gasteiger partial charge < -0.3 is 14.6 Å². The summed E-state index contributed by atoms with van der Waals surface area (Å²) in [6, 6.07) is 7.64. The van der Waals surface area contributed by atoms with Gasteiger partial charge in [0.25, 0.3) is 5.91 Å². The Balaban J connectivity index is 1.81. The third kappa shape index (κ3) is 2.91. The Morgan fingerprint density at radius 3 is 2.86 bits per heavy atom. The van der Waals surface area contributed by atoms with Crippen LogP contribution >= 0.6 is 0 Å². The highest BCUT2D eigenvalue weighted by atomic mass is 16.5. The highest BCUT2D eigenvalue weighted by Crippen LogP contribution is 2.28. The fraction of sp³-hybridized carbons (Fsp3) is 0.375. The van der Waals surface area contributed by atoms with E-state index in [9.17, 15) is 9.59 Å². The lowest BCUT2D eigenvalue weighted by molar-refractivity contribution is -0.144. The Kier molecular flexibility index (Phi) is 3.64. The van der Waals surface area contributed by atoms with Crippen LogP contribution in [0.4, 0.5) is 0 Å². The van der Waals surface area contributed by atoms with Crippen LogP contribution in [0.3, 0.4) is 0 Å². The molecule has 0 aliphatic heterocycles. The molecule has 0 saturated heterocycles. The fourth-order valence-electron chi connectivity index (χ4n) is 2.45. The van der Waals surface area contributed by atoms with Crippen molar-refractivity contribution in [1.82, 2.24) is 9.88 Å². The lowest BCUT2D eigenvalue weighted by Crippen LogP contribution is -2.38. The summed E-state index contributed by atoms with van der Waals surface area (Å²) in [6.07, 6.45) is 3.76. The number of ether oxygens (including phenoxy) is 1. The van der Waals surface area contributed by atoms with Gasteiger partial charge in [-0.25, -0.2) is 0 Å². The largest absolute Gasteiger partial charge is 0.465 e. The van der Waals surface area contributed by atoms with Gasteiger partial charge in [0.05, 0.1) is 6.61 Å². The standard InChI is InChI=1S/C16H18N2O3/c1-2-21-15(19)10-18(13-4-5-13)16(20)12-3-6-14-11(9-12)7-8-17-14/h3,6-9,13,17H,2,4-5,10H2,1H3. The molecule has 1 aromatic heterocycles. The summed E-state index contributed by atoms with van der Waals surface area (Å²) in [7, 11) is 0. The molecular weight excluding hydrogens is 268 g/mol. The van der Waals surface area contributed by atoms with Crippen molar-refractivity contribution in [2.24, 2.45) is 0 Å². The molecule has 5 nitrogen and oxygen atoms in total. The molecule has 1 fully saturated rings. The highest BCUT2D eigenvalue weighted by molar-refractivity contribution is 5.99. The van der Waals surface area contributed by atoms with E-state index < -0.39 is 0 Å². The van der Waals surface area contributed by atoms with Crippen LogP contribution in [0.15, 0.2) is 30.5 Å². The number of hydrogen-bond donors (Lipinski definition) is 1. The lowest BCUT2D eigenvalue weighted by atomic mass is 10.1. The van der Waals surface area contributed by atoms with Crippen molar-refractivity contribution in [3.63, 3.8) is 0 Å². The van der Waals surface area contributed by atoms with Crippen LogP contribution in [-0.2, 0) is 9.53 Å². The van der Waals surface area contributed by atoms with Gasteiger partial charge in [-0.05, 0) is 44.0 Å². The number of aromatic nitrogens is 1. The average molecular weight is 286 g/mol. The molecule has 21 heavy (non-hydrogen) atoms. The molecule has 0 radical (unpaired) electrons. The van der Waals surface area contributed by atoms with E-state index in [2.05, 4.69) is 4.98 Å². The summed E-state index contributed by atoms with van der Waals surface area (Å²) in [6.45, 7) is 2.13. The van der Waals surface area contributed by atoms with Crippen LogP contribution in [-0.4, -0.2) is 41.0 Å². The number of nitrogens with zero attached hydrogens (tertiary/aromatic N) is 1. The van der Waals surface area contributed by atoms with Gasteiger partial charge in [0, 0.05) is 28.7 Å². The minimum Gasteiger partial charge on any atom is -0.465 e. The van der Waals surface area contributed by atoms with Crippen molar-refractivity contribution in [2.75, 3.05) is 13.2 Å². The van der Waals surface area contributed by atoms with Crippen LogP contribution in [0, 0.1) is 0 Å². The molecule has 1 heterocycles. The van der Waals surface area contributed by atoms with Gasteiger partial charge in [0.1, 0.15) is 6.54 Å². The first kappa shape index (κ1) is 13.7. The van der Waals surface area contributed by atoms with Crippen LogP contribution < -0.4 is 0 Å². The smallest absolute Gasteiger partial charge is 0.325 e. The van der Waals surface area contributed by atoms with Crippen LogP contribution in [0.1, 0.15) is 30.1 Å². The SMILES string of the molecule is CCOC(=O)CN(C(=O)c1ccc2[nH]ccc2c1)C1CC1. The number of carbonyl (C=O) groups excluding carboxylic acids is 2. The van der Waals surface area contributed by atoms with E-state index in [4.69, 9.17) is 4.74 Å². The third-order valence-electron chi connectivity index (χ3n) is 3.65. The number of esters is 1. The molecule has 1 aliphatic carbocycles. The van der Waals surface area contributed by atoms with Gasteiger partial charge in [-0.3, -0.25) is 9.59 Å². The first-order chi connectivity index (χ1) is 10.2. The zero-order chi connectivity index (χ0) is 14.8. The maximum absolute atomic E-state index is 12.6. The summed E-state index contributed by atoms with van der Waals surface area (Å²) in [4.78, 5) is 29.0. The van der Waals surface area contributed by atoms with E-state index in [-0.39, 0.29) is 24.5 Å². The summed E-state index contributed by atoms with van der Waals surface area (Å²) in [5.74, 6) is -0.450. The summed E-state index contributed by atoms with van der Waals surface area (Å²) in [5, 5.41) is 0.993. The number of amides is 1. The van der Waals surface area contributed by atoms with Gasteiger partial charge >= 0.3 is 5.97 Å². The second kappa shape index (κ2) is 5.60. The second-order valence-corrected chi connectivity index (χ2v) is 5.25. The van der Waals surface area contributed by atoms with Crippen molar-refractivity contribution in [3.05, 3.63) is 36.0 Å². The monoisotopic (exact) mass is 286 g/mol. The molecular formula is C16H18N2O3. The van der Waals surface area contributed by atoms with Gasteiger partial charge in [-0.2, -0.15) is 0 Å². The van der Waals surface area contributed by atoms with E-state index in [1.165, 1.54) is 0 Å². The molecule has 0 bridgehead atoms. The van der Waals surface area contributed by atoms with Gasteiger partial charge in [-0.1, -0.05) is 0 Å². The van der Waals surface area contributed by atoms with Crippen molar-refractivity contribution in [2.45, 2.75) is 25.8 Å². The minimum atomic E-state index is -0.347. The van der Waals surface area contributed by atoms with Gasteiger partial charge in [0.15, 0.2) is 0 Å². The minimum absolute atomic E-state index is 0.0303. The third-order valence-corrected chi connectivity index (χ3v) is 3.65. The Bertz CT molecular complexity index is 673. The average Bonchev–Trinajstić information content (AvgIpc) is 3.21. The Morgan fingerprint density at radius 2 is 2.14 bits per heavy atom. The highest BCUT2D eigenvalue weighted by Gasteiger charge is 2.34. The summed E-state index contributed by atoms with van der Waals surface area (Å²) >= 11 is 0. The molecule has 2 aromatic rings. The maximum Gasteiger partial charge on any atom is 0.325 e. The van der Waals surface area contributed by atoms with E-state index in [0.29, 0.717) is 12.2 Å². The number of aromatic amines is 1. The summed E-state index contributed by atoms with van der Waals surface area (Å²) < 4.78 is 4.96. The topological polar surface area (TPSA) is 62.4 Å². The number of fused-ring (bicyclic) bond motifs is 1. The molecule has 1 N–H and O–H groups in total. The molecule has 1 saturated carbocycles. The Labute approximate surface area is 122 Å². The molecule has 0 atom stereocenters. The number of benzene rings is 1. The molecule has 1 aromatic carbocycles.